The minimum atomic E-state index is -0.515. The maximum absolute atomic E-state index is 11.3. The topological polar surface area (TPSA) is 32.3 Å². The van der Waals surface area contributed by atoms with Crippen molar-refractivity contribution in [2.75, 3.05) is 24.3 Å². The number of carbonyl (C=O) groups excluding carboxylic acids is 1. The van der Waals surface area contributed by atoms with Gasteiger partial charge in [-0.25, -0.2) is 0 Å². The average molecular weight is 263 g/mol. The zero-order valence-electron chi connectivity index (χ0n) is 9.53. The van der Waals surface area contributed by atoms with Gasteiger partial charge >= 0.3 is 0 Å². The first kappa shape index (κ1) is 15.1. The first-order chi connectivity index (χ1) is 7.00. The molecule has 0 aliphatic rings. The molecule has 0 bridgehead atoms. The molecule has 0 heterocycles. The molecule has 0 aromatic heterocycles. The highest BCUT2D eigenvalue weighted by Crippen LogP contribution is 2.16. The van der Waals surface area contributed by atoms with Crippen LogP contribution >= 0.6 is 24.0 Å². The number of halogens is 2. The van der Waals surface area contributed by atoms with E-state index in [1.165, 1.54) is 0 Å². The van der Waals surface area contributed by atoms with Crippen LogP contribution in [0.15, 0.2) is 24.3 Å². The molecule has 1 aromatic carbocycles. The number of benzene rings is 1. The number of anilines is 2. The largest absolute Gasteiger partial charge is 0.378 e. The fourth-order valence-corrected chi connectivity index (χ4v) is 1.14. The van der Waals surface area contributed by atoms with Crippen LogP contribution in [0.1, 0.15) is 6.92 Å². The van der Waals surface area contributed by atoms with E-state index in [0.717, 1.165) is 11.4 Å². The second kappa shape index (κ2) is 6.61. The molecule has 0 fully saturated rings. The Bertz CT molecular complexity index is 336. The highest BCUT2D eigenvalue weighted by molar-refractivity contribution is 6.32. The summed E-state index contributed by atoms with van der Waals surface area (Å²) < 4.78 is 0. The Hall–Kier alpha value is -0.930. The van der Waals surface area contributed by atoms with Gasteiger partial charge in [-0.15, -0.1) is 24.0 Å². The predicted molar refractivity (Wildman–Crippen MR) is 72.0 cm³/mol. The van der Waals surface area contributed by atoms with Crippen molar-refractivity contribution < 1.29 is 4.79 Å². The lowest BCUT2D eigenvalue weighted by Crippen LogP contribution is -2.20. The van der Waals surface area contributed by atoms with Gasteiger partial charge in [0.05, 0.1) is 0 Å². The number of nitrogens with one attached hydrogen (secondary N) is 1. The minimum Gasteiger partial charge on any atom is -0.378 e. The number of amides is 1. The maximum atomic E-state index is 11.3. The van der Waals surface area contributed by atoms with Crippen molar-refractivity contribution >= 4 is 41.3 Å². The van der Waals surface area contributed by atoms with Gasteiger partial charge in [0.15, 0.2) is 0 Å². The van der Waals surface area contributed by atoms with Crippen molar-refractivity contribution in [3.05, 3.63) is 24.3 Å². The summed E-state index contributed by atoms with van der Waals surface area (Å²) in [7, 11) is 3.93. The molecule has 0 saturated carbocycles. The van der Waals surface area contributed by atoms with E-state index in [4.69, 9.17) is 11.6 Å². The third-order valence-electron chi connectivity index (χ3n) is 2.01. The quantitative estimate of drug-likeness (QED) is 0.850. The molecule has 1 unspecified atom stereocenters. The Labute approximate surface area is 107 Å². The van der Waals surface area contributed by atoms with Crippen LogP contribution in [0.3, 0.4) is 0 Å². The summed E-state index contributed by atoms with van der Waals surface area (Å²) in [5.41, 5.74) is 1.85. The van der Waals surface area contributed by atoms with E-state index < -0.39 is 5.38 Å². The van der Waals surface area contributed by atoms with Gasteiger partial charge in [0.1, 0.15) is 5.38 Å². The number of hydrogen-bond acceptors (Lipinski definition) is 2. The first-order valence-electron chi connectivity index (χ1n) is 4.73. The molecule has 0 aliphatic heterocycles. The molecular formula is C11H16Cl2N2O. The summed E-state index contributed by atoms with van der Waals surface area (Å²) in [6.45, 7) is 1.64. The molecule has 1 N–H and O–H groups in total. The van der Waals surface area contributed by atoms with Gasteiger partial charge < -0.3 is 10.2 Å². The number of carbonyl (C=O) groups is 1. The van der Waals surface area contributed by atoms with Gasteiger partial charge in [-0.2, -0.15) is 0 Å². The van der Waals surface area contributed by atoms with E-state index in [1.807, 2.05) is 43.3 Å². The second-order valence-electron chi connectivity index (χ2n) is 3.55. The average Bonchev–Trinajstić information content (AvgIpc) is 2.18. The predicted octanol–water partition coefficient (Wildman–Crippen LogP) is 2.74. The molecule has 1 rings (SSSR count). The Kier molecular flexibility index (Phi) is 6.22. The zero-order valence-corrected chi connectivity index (χ0v) is 11.1. The Morgan fingerprint density at radius 1 is 1.31 bits per heavy atom. The minimum absolute atomic E-state index is 0. The molecule has 16 heavy (non-hydrogen) atoms. The molecule has 1 amide bonds. The molecule has 0 saturated heterocycles. The summed E-state index contributed by atoms with van der Waals surface area (Å²) in [4.78, 5) is 13.3. The van der Waals surface area contributed by atoms with Gasteiger partial charge in [0, 0.05) is 25.5 Å². The SMILES string of the molecule is CC(Cl)C(=O)Nc1ccc(N(C)C)cc1.Cl. The molecule has 0 spiro atoms. The monoisotopic (exact) mass is 262 g/mol. The van der Waals surface area contributed by atoms with Crippen LogP contribution in [0.2, 0.25) is 0 Å². The van der Waals surface area contributed by atoms with Crippen molar-refractivity contribution in [2.45, 2.75) is 12.3 Å². The van der Waals surface area contributed by atoms with E-state index in [1.54, 1.807) is 6.92 Å². The van der Waals surface area contributed by atoms with Gasteiger partial charge in [-0.1, -0.05) is 0 Å². The Morgan fingerprint density at radius 3 is 2.19 bits per heavy atom. The molecule has 90 valence electrons. The van der Waals surface area contributed by atoms with Crippen molar-refractivity contribution in [1.82, 2.24) is 0 Å². The van der Waals surface area contributed by atoms with Crippen molar-refractivity contribution in [1.29, 1.82) is 0 Å². The van der Waals surface area contributed by atoms with E-state index in [0.29, 0.717) is 0 Å². The number of rotatable bonds is 3. The first-order valence-corrected chi connectivity index (χ1v) is 5.16. The van der Waals surface area contributed by atoms with E-state index in [9.17, 15) is 4.79 Å². The van der Waals surface area contributed by atoms with Crippen LogP contribution in [-0.2, 0) is 4.79 Å². The molecule has 1 aromatic rings. The Balaban J connectivity index is 0.00000225. The van der Waals surface area contributed by atoms with Crippen molar-refractivity contribution in [3.63, 3.8) is 0 Å². The molecule has 3 nitrogen and oxygen atoms in total. The number of nitrogens with zero attached hydrogens (tertiary/aromatic N) is 1. The highest BCUT2D eigenvalue weighted by atomic mass is 35.5. The summed E-state index contributed by atoms with van der Waals surface area (Å²) in [6.07, 6.45) is 0. The highest BCUT2D eigenvalue weighted by Gasteiger charge is 2.08. The normalized spacial score (nSPS) is 11.2. The van der Waals surface area contributed by atoms with Crippen LogP contribution < -0.4 is 10.2 Å². The summed E-state index contributed by atoms with van der Waals surface area (Å²) in [6, 6.07) is 7.59. The van der Waals surface area contributed by atoms with Crippen LogP contribution in [0, 0.1) is 0 Å². The van der Waals surface area contributed by atoms with Gasteiger partial charge in [0.2, 0.25) is 5.91 Å². The maximum Gasteiger partial charge on any atom is 0.242 e. The van der Waals surface area contributed by atoms with E-state index in [-0.39, 0.29) is 18.3 Å². The fourth-order valence-electron chi connectivity index (χ4n) is 1.08. The smallest absolute Gasteiger partial charge is 0.242 e. The molecule has 0 aliphatic carbocycles. The van der Waals surface area contributed by atoms with Crippen LogP contribution in [-0.4, -0.2) is 25.4 Å². The Morgan fingerprint density at radius 2 is 1.81 bits per heavy atom. The number of alkyl halides is 1. The lowest BCUT2D eigenvalue weighted by Gasteiger charge is -2.13. The third-order valence-corrected chi connectivity index (χ3v) is 2.21. The molecular weight excluding hydrogens is 247 g/mol. The standard InChI is InChI=1S/C11H15ClN2O.ClH/c1-8(12)11(15)13-9-4-6-10(7-5-9)14(2)3;/h4-8H,1-3H3,(H,13,15);1H. The number of hydrogen-bond donors (Lipinski definition) is 1. The van der Waals surface area contributed by atoms with Crippen LogP contribution in [0.4, 0.5) is 11.4 Å². The van der Waals surface area contributed by atoms with E-state index in [2.05, 4.69) is 5.32 Å². The third kappa shape index (κ3) is 4.29. The molecule has 5 heteroatoms. The van der Waals surface area contributed by atoms with Crippen molar-refractivity contribution in [3.8, 4) is 0 Å². The van der Waals surface area contributed by atoms with Gasteiger partial charge in [-0.3, -0.25) is 4.79 Å². The molecule has 0 radical (unpaired) electrons. The van der Waals surface area contributed by atoms with Crippen LogP contribution in [0.25, 0.3) is 0 Å². The van der Waals surface area contributed by atoms with Gasteiger partial charge in [0.25, 0.3) is 0 Å². The summed E-state index contributed by atoms with van der Waals surface area (Å²) in [5, 5.41) is 2.20. The molecule has 1 atom stereocenters. The van der Waals surface area contributed by atoms with Crippen molar-refractivity contribution in [2.24, 2.45) is 0 Å². The summed E-state index contributed by atoms with van der Waals surface area (Å²) in [5.74, 6) is -0.186. The van der Waals surface area contributed by atoms with Crippen LogP contribution in [0.5, 0.6) is 0 Å². The fraction of sp³-hybridized carbons (Fsp3) is 0.364. The zero-order chi connectivity index (χ0) is 11.4. The summed E-state index contributed by atoms with van der Waals surface area (Å²) >= 11 is 5.64. The lowest BCUT2D eigenvalue weighted by atomic mass is 10.2. The van der Waals surface area contributed by atoms with Gasteiger partial charge in [-0.05, 0) is 31.2 Å². The second-order valence-corrected chi connectivity index (χ2v) is 4.20. The lowest BCUT2D eigenvalue weighted by molar-refractivity contribution is -0.115. The van der Waals surface area contributed by atoms with E-state index >= 15 is 0 Å².